The van der Waals surface area contributed by atoms with Crippen LogP contribution in [-0.4, -0.2) is 99.6 Å². The van der Waals surface area contributed by atoms with E-state index in [1.807, 2.05) is 0 Å². The molecule has 0 aliphatic carbocycles. The van der Waals surface area contributed by atoms with Crippen LogP contribution in [0.3, 0.4) is 0 Å². The van der Waals surface area contributed by atoms with Gasteiger partial charge in [0.2, 0.25) is 0 Å². The molecule has 4 aromatic carbocycles. The Kier molecular flexibility index (Phi) is 10.4. The van der Waals surface area contributed by atoms with Gasteiger partial charge in [-0.15, -0.1) is 0 Å². The standard InChI is InChI=1S/2C10H6N2O8S.Ba/c2*13-10-7-3-5(21(18,19)20)1-2-6(7)8(11(14)15)4-9(10)12(16)17;/h2*1-4,13H,(H,18,19,20);/q;;+2. The molecule has 4 aromatic rings. The van der Waals surface area contributed by atoms with Crippen LogP contribution in [0.5, 0.6) is 11.5 Å². The number of nitro benzene ring substituents is 4. The Hall–Kier alpha value is -4.01. The van der Waals surface area contributed by atoms with Gasteiger partial charge in [0.05, 0.1) is 51.7 Å². The second kappa shape index (κ2) is 12.7. The van der Waals surface area contributed by atoms with Crippen LogP contribution in [0.25, 0.3) is 21.5 Å². The topological polar surface area (TPSA) is 327 Å². The largest absolute Gasteiger partial charge is 2.00 e. The molecule has 0 aromatic heterocycles. The van der Waals surface area contributed by atoms with Gasteiger partial charge in [-0.05, 0) is 47.5 Å². The van der Waals surface area contributed by atoms with Crippen molar-refractivity contribution in [2.45, 2.75) is 9.79 Å². The summed E-state index contributed by atoms with van der Waals surface area (Å²) in [6.07, 6.45) is 0. The predicted molar refractivity (Wildman–Crippen MR) is 142 cm³/mol. The molecule has 0 amide bonds. The molecule has 0 aliphatic heterocycles. The molecule has 23 heteroatoms. The number of hydrogen-bond donors (Lipinski definition) is 2. The monoisotopic (exact) mass is 766 g/mol. The van der Waals surface area contributed by atoms with Gasteiger partial charge in [-0.2, -0.15) is 16.8 Å². The minimum atomic E-state index is -4.66. The van der Waals surface area contributed by atoms with E-state index in [0.717, 1.165) is 30.3 Å². The first-order valence-electron chi connectivity index (χ1n) is 10.4. The first-order chi connectivity index (χ1) is 19.2. The molecule has 0 spiro atoms. The molecular weight excluding hydrogens is 754 g/mol. The van der Waals surface area contributed by atoms with E-state index < -0.39 is 89.4 Å². The van der Waals surface area contributed by atoms with Crippen LogP contribution in [0, 0.1) is 40.5 Å². The maximum atomic E-state index is 11.9. The Morgan fingerprint density at radius 3 is 1.28 bits per heavy atom. The van der Waals surface area contributed by atoms with E-state index in [1.54, 1.807) is 0 Å². The number of rotatable bonds is 6. The van der Waals surface area contributed by atoms with Crippen LogP contribution in [0.2, 0.25) is 0 Å². The summed E-state index contributed by atoms with van der Waals surface area (Å²) in [5.74, 6) is -1.85. The Labute approximate surface area is 277 Å². The van der Waals surface area contributed by atoms with Crippen LogP contribution in [0.4, 0.5) is 22.7 Å². The van der Waals surface area contributed by atoms with Crippen molar-refractivity contribution in [2.24, 2.45) is 0 Å². The van der Waals surface area contributed by atoms with E-state index >= 15 is 0 Å². The normalized spacial score (nSPS) is 11.2. The number of nitro groups is 4. The van der Waals surface area contributed by atoms with Crippen molar-refractivity contribution in [1.82, 2.24) is 0 Å². The van der Waals surface area contributed by atoms with E-state index in [2.05, 4.69) is 0 Å². The molecule has 0 heterocycles. The maximum absolute atomic E-state index is 11.9. The second-order valence-corrected chi connectivity index (χ2v) is 10.8. The average Bonchev–Trinajstić information content (AvgIpc) is 2.87. The number of fused-ring (bicyclic) bond motifs is 2. The van der Waals surface area contributed by atoms with Gasteiger partial charge in [0, 0.05) is 0 Å². The predicted octanol–water partition coefficient (Wildman–Crippen LogP) is 1.94. The Balaban J connectivity index is 0.000000293. The average molecular weight is 766 g/mol. The Morgan fingerprint density at radius 2 is 0.907 bits per heavy atom. The number of non-ortho nitro benzene ring substituents is 2. The molecule has 0 atom stereocenters. The molecule has 20 nitrogen and oxygen atoms in total. The third kappa shape index (κ3) is 7.32. The molecule has 4 rings (SSSR count). The fourth-order valence-electron chi connectivity index (χ4n) is 3.62. The molecule has 0 radical (unpaired) electrons. The molecule has 0 aliphatic rings. The van der Waals surface area contributed by atoms with Gasteiger partial charge in [0.25, 0.3) is 37.3 Å². The summed E-state index contributed by atoms with van der Waals surface area (Å²) >= 11 is 0. The SMILES string of the molecule is O=[N+]([O-])c1cc([N+](=O)[O-])c2ccc(S(=O)(=O)O)cc2c1[O-].O=[N+]([O-])c1cc([N+](=O)[O-])c2ccc(S(=O)(=O)O)cc2c1[OH2+].[Ba+2]. The van der Waals surface area contributed by atoms with E-state index in [4.69, 9.17) is 14.2 Å². The van der Waals surface area contributed by atoms with Gasteiger partial charge < -0.3 is 10.2 Å². The van der Waals surface area contributed by atoms with Crippen molar-refractivity contribution < 1.29 is 55.8 Å². The summed E-state index contributed by atoms with van der Waals surface area (Å²) in [5.41, 5.74) is -3.23. The van der Waals surface area contributed by atoms with Gasteiger partial charge >= 0.3 is 60.3 Å². The van der Waals surface area contributed by atoms with Crippen LogP contribution < -0.4 is 5.11 Å². The fourth-order valence-corrected chi connectivity index (χ4v) is 4.63. The van der Waals surface area contributed by atoms with Crippen molar-refractivity contribution in [1.29, 1.82) is 0 Å². The summed E-state index contributed by atoms with van der Waals surface area (Å²) < 4.78 is 62.0. The first kappa shape index (κ1) is 35.2. The van der Waals surface area contributed by atoms with Crippen molar-refractivity contribution >= 4 is 113 Å². The molecule has 0 bridgehead atoms. The molecule has 0 unspecified atom stereocenters. The van der Waals surface area contributed by atoms with Gasteiger partial charge in [0.15, 0.2) is 0 Å². The zero-order valence-electron chi connectivity index (χ0n) is 20.6. The van der Waals surface area contributed by atoms with Gasteiger partial charge in [-0.25, -0.2) is 0 Å². The van der Waals surface area contributed by atoms with Gasteiger partial charge in [-0.1, -0.05) is 0 Å². The van der Waals surface area contributed by atoms with E-state index in [9.17, 15) is 62.4 Å². The molecular formula is C20H12BaN4O16S2+2. The smallest absolute Gasteiger partial charge is 0.867 e. The quantitative estimate of drug-likeness (QED) is 0.0931. The van der Waals surface area contributed by atoms with E-state index in [1.165, 1.54) is 0 Å². The summed E-state index contributed by atoms with van der Waals surface area (Å²) in [6.45, 7) is 0. The molecule has 0 saturated heterocycles. The summed E-state index contributed by atoms with van der Waals surface area (Å²) in [6, 6.07) is 6.31. The van der Waals surface area contributed by atoms with E-state index in [0.29, 0.717) is 18.2 Å². The minimum Gasteiger partial charge on any atom is -0.867 e. The maximum Gasteiger partial charge on any atom is 2.00 e. The van der Waals surface area contributed by atoms with Crippen LogP contribution in [0.1, 0.15) is 0 Å². The Bertz CT molecular complexity index is 1940. The van der Waals surface area contributed by atoms with Crippen molar-refractivity contribution in [2.75, 3.05) is 0 Å². The summed E-state index contributed by atoms with van der Waals surface area (Å²) in [7, 11) is -9.26. The molecule has 43 heavy (non-hydrogen) atoms. The minimum absolute atomic E-state index is 0. The molecule has 220 valence electrons. The third-order valence-corrected chi connectivity index (χ3v) is 7.17. The number of nitrogens with zero attached hydrogens (tertiary/aromatic N) is 4. The molecule has 4 N–H and O–H groups in total. The van der Waals surface area contributed by atoms with Crippen LogP contribution in [-0.2, 0) is 20.2 Å². The second-order valence-electron chi connectivity index (χ2n) is 7.93. The third-order valence-electron chi connectivity index (χ3n) is 5.47. The van der Waals surface area contributed by atoms with Gasteiger partial charge in [0.1, 0.15) is 6.07 Å². The summed E-state index contributed by atoms with van der Waals surface area (Å²) in [4.78, 5) is 38.2. The van der Waals surface area contributed by atoms with Gasteiger partial charge in [-0.3, -0.25) is 49.6 Å². The zero-order valence-corrected chi connectivity index (χ0v) is 26.7. The fraction of sp³-hybridized carbons (Fsp3) is 0. The van der Waals surface area contributed by atoms with Crippen LogP contribution in [0.15, 0.2) is 58.3 Å². The zero-order chi connectivity index (χ0) is 31.9. The van der Waals surface area contributed by atoms with E-state index in [-0.39, 0.29) is 65.0 Å². The Morgan fingerprint density at radius 1 is 0.558 bits per heavy atom. The summed E-state index contributed by atoms with van der Waals surface area (Å²) in [5, 5.41) is 61.7. The number of hydrogen-bond acceptors (Lipinski definition) is 13. The van der Waals surface area contributed by atoms with Crippen molar-refractivity contribution in [3.63, 3.8) is 0 Å². The first-order valence-corrected chi connectivity index (χ1v) is 13.3. The molecule has 0 saturated carbocycles. The van der Waals surface area contributed by atoms with Crippen LogP contribution >= 0.6 is 0 Å². The number of benzene rings is 4. The van der Waals surface area contributed by atoms with Crippen molar-refractivity contribution in [3.05, 3.63) is 89.0 Å². The van der Waals surface area contributed by atoms with Crippen molar-refractivity contribution in [3.8, 4) is 11.5 Å². The molecule has 0 fully saturated rings.